The van der Waals surface area contributed by atoms with Gasteiger partial charge in [0.2, 0.25) is 5.13 Å². The van der Waals surface area contributed by atoms with Crippen LogP contribution in [0.4, 0.5) is 5.13 Å². The molecule has 29 heavy (non-hydrogen) atoms. The fourth-order valence-electron chi connectivity index (χ4n) is 2.79. The molecular formula is C21H16ClN3O3S. The minimum Gasteiger partial charge on any atom is -0.493 e. The molecule has 1 N–H and O–H groups in total. The Hall–Kier alpha value is -3.16. The summed E-state index contributed by atoms with van der Waals surface area (Å²) in [5.74, 6) is 0.513. The number of aromatic nitrogens is 1. The summed E-state index contributed by atoms with van der Waals surface area (Å²) >= 11 is 7.26. The van der Waals surface area contributed by atoms with Crippen molar-refractivity contribution in [3.63, 3.8) is 0 Å². The minimum atomic E-state index is -0.473. The van der Waals surface area contributed by atoms with E-state index in [1.807, 2.05) is 43.3 Å². The first-order chi connectivity index (χ1) is 14.0. The highest BCUT2D eigenvalue weighted by Crippen LogP contribution is 2.29. The van der Waals surface area contributed by atoms with Gasteiger partial charge in [0, 0.05) is 15.8 Å². The summed E-state index contributed by atoms with van der Waals surface area (Å²) < 4.78 is 10.7. The van der Waals surface area contributed by atoms with E-state index in [1.54, 1.807) is 17.5 Å². The number of anilines is 1. The summed E-state index contributed by atoms with van der Waals surface area (Å²) in [4.78, 5) is 16.9. The van der Waals surface area contributed by atoms with Gasteiger partial charge in [-0.05, 0) is 36.8 Å². The summed E-state index contributed by atoms with van der Waals surface area (Å²) in [5.41, 5.74) is 5.52. The van der Waals surface area contributed by atoms with Crippen LogP contribution in [-0.2, 0) is 0 Å². The van der Waals surface area contributed by atoms with Crippen molar-refractivity contribution in [2.75, 3.05) is 12.5 Å². The molecule has 0 saturated heterocycles. The van der Waals surface area contributed by atoms with E-state index in [9.17, 15) is 4.79 Å². The molecule has 0 fully saturated rings. The molecule has 0 spiro atoms. The van der Waals surface area contributed by atoms with E-state index in [0.717, 1.165) is 16.7 Å². The number of hydrogen-bond donors (Lipinski definition) is 1. The number of fused-ring (bicyclic) bond motifs is 1. The summed E-state index contributed by atoms with van der Waals surface area (Å²) in [7, 11) is 1.54. The number of hydrazone groups is 1. The van der Waals surface area contributed by atoms with Gasteiger partial charge in [0.25, 0.3) is 0 Å². The van der Waals surface area contributed by atoms with Crippen LogP contribution < -0.4 is 15.8 Å². The zero-order valence-corrected chi connectivity index (χ0v) is 17.2. The number of nitrogens with one attached hydrogen (secondary N) is 1. The summed E-state index contributed by atoms with van der Waals surface area (Å²) in [5, 5.41) is 8.14. The van der Waals surface area contributed by atoms with Gasteiger partial charge >= 0.3 is 5.63 Å². The average Bonchev–Trinajstić information content (AvgIpc) is 3.20. The lowest BCUT2D eigenvalue weighted by Gasteiger charge is -2.04. The van der Waals surface area contributed by atoms with Crippen LogP contribution in [0.25, 0.3) is 22.2 Å². The number of rotatable bonds is 5. The molecule has 0 unspecified atom stereocenters. The third-order valence-electron chi connectivity index (χ3n) is 4.31. The molecule has 0 amide bonds. The highest BCUT2D eigenvalue weighted by molar-refractivity contribution is 7.14. The van der Waals surface area contributed by atoms with Crippen LogP contribution in [0, 0.1) is 0 Å². The highest BCUT2D eigenvalue weighted by Gasteiger charge is 2.13. The fourth-order valence-corrected chi connectivity index (χ4v) is 3.57. The van der Waals surface area contributed by atoms with Crippen molar-refractivity contribution in [3.05, 3.63) is 74.9 Å². The maximum Gasteiger partial charge on any atom is 0.345 e. The van der Waals surface area contributed by atoms with Crippen LogP contribution >= 0.6 is 22.9 Å². The number of halogens is 1. The number of nitrogens with zero attached hydrogens (tertiary/aromatic N) is 2. The second kappa shape index (κ2) is 8.06. The number of thiazole rings is 1. The summed E-state index contributed by atoms with van der Waals surface area (Å²) in [6, 6.07) is 14.6. The van der Waals surface area contributed by atoms with Gasteiger partial charge in [-0.15, -0.1) is 11.3 Å². The van der Waals surface area contributed by atoms with E-state index in [2.05, 4.69) is 15.5 Å². The van der Waals surface area contributed by atoms with Crippen molar-refractivity contribution in [1.29, 1.82) is 0 Å². The van der Waals surface area contributed by atoms with Crippen LogP contribution in [-0.4, -0.2) is 17.8 Å². The quantitative estimate of drug-likeness (QED) is 0.262. The molecule has 2 aromatic carbocycles. The van der Waals surface area contributed by atoms with Gasteiger partial charge in [0.05, 0.1) is 24.1 Å². The van der Waals surface area contributed by atoms with Gasteiger partial charge in [0.1, 0.15) is 0 Å². The van der Waals surface area contributed by atoms with Gasteiger partial charge in [0.15, 0.2) is 11.3 Å². The van der Waals surface area contributed by atoms with Gasteiger partial charge in [-0.1, -0.05) is 35.9 Å². The van der Waals surface area contributed by atoms with Crippen LogP contribution in [0.2, 0.25) is 5.02 Å². The average molecular weight is 426 g/mol. The molecule has 4 rings (SSSR count). The van der Waals surface area contributed by atoms with E-state index < -0.39 is 5.63 Å². The lowest BCUT2D eigenvalue weighted by molar-refractivity contribution is 0.407. The van der Waals surface area contributed by atoms with E-state index >= 15 is 0 Å². The third kappa shape index (κ3) is 4.01. The molecular weight excluding hydrogens is 410 g/mol. The van der Waals surface area contributed by atoms with Crippen molar-refractivity contribution in [2.24, 2.45) is 5.10 Å². The van der Waals surface area contributed by atoms with Crippen molar-refractivity contribution in [3.8, 4) is 17.0 Å². The highest BCUT2D eigenvalue weighted by atomic mass is 35.5. The molecule has 6 nitrogen and oxygen atoms in total. The SMILES string of the molecule is COc1cccc2cc(-c3csc(N/N=C(\C)c4ccc(Cl)cc4)n3)c(=O)oc12. The largest absolute Gasteiger partial charge is 0.493 e. The van der Waals surface area contributed by atoms with Crippen molar-refractivity contribution in [2.45, 2.75) is 6.92 Å². The van der Waals surface area contributed by atoms with Crippen LogP contribution in [0.3, 0.4) is 0 Å². The lowest BCUT2D eigenvalue weighted by atomic mass is 10.1. The van der Waals surface area contributed by atoms with Crippen molar-refractivity contribution < 1.29 is 9.15 Å². The molecule has 0 aliphatic rings. The molecule has 146 valence electrons. The van der Waals surface area contributed by atoms with E-state index in [1.165, 1.54) is 18.4 Å². The van der Waals surface area contributed by atoms with Crippen molar-refractivity contribution >= 4 is 44.8 Å². The Kier molecular flexibility index (Phi) is 5.33. The van der Waals surface area contributed by atoms with Crippen LogP contribution in [0.5, 0.6) is 5.75 Å². The Labute approximate surface area is 175 Å². The second-order valence-corrected chi connectivity index (χ2v) is 7.47. The van der Waals surface area contributed by atoms with E-state index in [4.69, 9.17) is 20.8 Å². The second-order valence-electron chi connectivity index (χ2n) is 6.18. The molecule has 2 aromatic heterocycles. The molecule has 8 heteroatoms. The third-order valence-corrected chi connectivity index (χ3v) is 5.30. The molecule has 0 radical (unpaired) electrons. The monoisotopic (exact) mass is 425 g/mol. The number of para-hydroxylation sites is 1. The molecule has 0 aliphatic heterocycles. The topological polar surface area (TPSA) is 76.7 Å². The molecule has 0 atom stereocenters. The lowest BCUT2D eigenvalue weighted by Crippen LogP contribution is -2.04. The van der Waals surface area contributed by atoms with E-state index in [0.29, 0.717) is 32.7 Å². The van der Waals surface area contributed by atoms with Gasteiger partial charge in [-0.2, -0.15) is 5.10 Å². The number of methoxy groups -OCH3 is 1. The normalized spacial score (nSPS) is 11.6. The van der Waals surface area contributed by atoms with Gasteiger partial charge in [-0.3, -0.25) is 5.43 Å². The Morgan fingerprint density at radius 3 is 2.79 bits per heavy atom. The number of hydrogen-bond acceptors (Lipinski definition) is 7. The first-order valence-electron chi connectivity index (χ1n) is 8.68. The Balaban J connectivity index is 1.60. The molecule has 4 aromatic rings. The summed E-state index contributed by atoms with van der Waals surface area (Å²) in [6.07, 6.45) is 0. The maximum absolute atomic E-state index is 12.5. The van der Waals surface area contributed by atoms with Crippen LogP contribution in [0.15, 0.2) is 68.2 Å². The van der Waals surface area contributed by atoms with Gasteiger partial charge in [-0.25, -0.2) is 9.78 Å². The van der Waals surface area contributed by atoms with Crippen molar-refractivity contribution in [1.82, 2.24) is 4.98 Å². The maximum atomic E-state index is 12.5. The minimum absolute atomic E-state index is 0.383. The molecule has 0 aliphatic carbocycles. The standard InChI is InChI=1S/C21H16ClN3O3S/c1-12(13-6-8-15(22)9-7-13)24-25-21-23-17(11-29-21)16-10-14-4-3-5-18(27-2)19(14)28-20(16)26/h3-11H,1-2H3,(H,23,25)/b24-12+. The predicted molar refractivity (Wildman–Crippen MR) is 117 cm³/mol. The molecule has 0 bridgehead atoms. The molecule has 2 heterocycles. The fraction of sp³-hybridized carbons (Fsp3) is 0.0952. The smallest absolute Gasteiger partial charge is 0.345 e. The number of benzene rings is 2. The summed E-state index contributed by atoms with van der Waals surface area (Å²) in [6.45, 7) is 1.89. The number of ether oxygens (including phenoxy) is 1. The Bertz CT molecular complexity index is 1260. The van der Waals surface area contributed by atoms with E-state index in [-0.39, 0.29) is 0 Å². The Morgan fingerprint density at radius 1 is 1.24 bits per heavy atom. The zero-order valence-electron chi connectivity index (χ0n) is 15.6. The van der Waals surface area contributed by atoms with Crippen LogP contribution in [0.1, 0.15) is 12.5 Å². The zero-order chi connectivity index (χ0) is 20.4. The Morgan fingerprint density at radius 2 is 2.03 bits per heavy atom. The first-order valence-corrected chi connectivity index (χ1v) is 9.94. The molecule has 0 saturated carbocycles. The predicted octanol–water partition coefficient (Wildman–Crippen LogP) is 5.41. The van der Waals surface area contributed by atoms with Gasteiger partial charge < -0.3 is 9.15 Å². The first kappa shape index (κ1) is 19.2.